The molecule has 1 N–H and O–H groups in total. The SMILES string of the molecule is COC(=O)C1=C(C)N=C2SC=C(CC(=O)NCCc3ccccn3)N2[C@@H]1c1ccc(C(C)C)cc1. The van der Waals surface area contributed by atoms with Crippen LogP contribution in [0.3, 0.4) is 0 Å². The number of benzene rings is 1. The van der Waals surface area contributed by atoms with E-state index in [4.69, 9.17) is 4.74 Å². The second-order valence-corrected chi connectivity index (χ2v) is 9.64. The van der Waals surface area contributed by atoms with Crippen LogP contribution >= 0.6 is 11.8 Å². The summed E-state index contributed by atoms with van der Waals surface area (Å²) in [5.74, 6) is -0.106. The third kappa shape index (κ3) is 5.48. The van der Waals surface area contributed by atoms with Gasteiger partial charge in [0.1, 0.15) is 0 Å². The maximum atomic E-state index is 12.8. The highest BCUT2D eigenvalue weighted by Crippen LogP contribution is 2.44. The largest absolute Gasteiger partial charge is 0.466 e. The van der Waals surface area contributed by atoms with Gasteiger partial charge >= 0.3 is 5.97 Å². The first-order valence-corrected chi connectivity index (χ1v) is 12.6. The molecule has 0 saturated heterocycles. The van der Waals surface area contributed by atoms with Crippen molar-refractivity contribution in [3.63, 3.8) is 0 Å². The summed E-state index contributed by atoms with van der Waals surface area (Å²) in [6.45, 7) is 6.63. The zero-order valence-corrected chi connectivity index (χ0v) is 21.3. The van der Waals surface area contributed by atoms with Crippen LogP contribution in [0.25, 0.3) is 0 Å². The number of rotatable bonds is 8. The van der Waals surface area contributed by atoms with Crippen LogP contribution in [-0.4, -0.2) is 40.6 Å². The number of hydrogen-bond acceptors (Lipinski definition) is 7. The zero-order chi connectivity index (χ0) is 24.9. The van der Waals surface area contributed by atoms with Crippen molar-refractivity contribution in [1.29, 1.82) is 0 Å². The highest BCUT2D eigenvalue weighted by Gasteiger charge is 2.40. The molecule has 1 amide bonds. The molecule has 4 rings (SSSR count). The van der Waals surface area contributed by atoms with Gasteiger partial charge in [0.15, 0.2) is 5.17 Å². The number of nitrogens with one attached hydrogen (secondary N) is 1. The molecule has 0 unspecified atom stereocenters. The first-order valence-electron chi connectivity index (χ1n) is 11.7. The number of hydrogen-bond donors (Lipinski definition) is 1. The molecule has 3 heterocycles. The van der Waals surface area contributed by atoms with E-state index in [1.807, 2.05) is 47.6 Å². The zero-order valence-electron chi connectivity index (χ0n) is 20.4. The number of pyridine rings is 1. The Bertz CT molecular complexity index is 1190. The van der Waals surface area contributed by atoms with E-state index in [2.05, 4.69) is 41.3 Å². The van der Waals surface area contributed by atoms with Crippen molar-refractivity contribution in [1.82, 2.24) is 15.2 Å². The number of amidine groups is 1. The number of aromatic nitrogens is 1. The highest BCUT2D eigenvalue weighted by atomic mass is 32.2. The smallest absolute Gasteiger partial charge is 0.338 e. The van der Waals surface area contributed by atoms with Crippen molar-refractivity contribution < 1.29 is 14.3 Å². The Morgan fingerprint density at radius 2 is 1.94 bits per heavy atom. The lowest BCUT2D eigenvalue weighted by Gasteiger charge is -2.36. The van der Waals surface area contributed by atoms with Gasteiger partial charge in [-0.05, 0) is 41.5 Å². The predicted molar refractivity (Wildman–Crippen MR) is 139 cm³/mol. The summed E-state index contributed by atoms with van der Waals surface area (Å²) in [6, 6.07) is 13.6. The minimum atomic E-state index is -0.418. The third-order valence-corrected chi connectivity index (χ3v) is 6.98. The van der Waals surface area contributed by atoms with Gasteiger partial charge in [-0.1, -0.05) is 55.9 Å². The van der Waals surface area contributed by atoms with Crippen LogP contribution in [0.15, 0.2) is 76.0 Å². The maximum absolute atomic E-state index is 12.8. The fourth-order valence-electron chi connectivity index (χ4n) is 4.22. The van der Waals surface area contributed by atoms with E-state index in [1.54, 1.807) is 6.20 Å². The molecule has 0 fully saturated rings. The van der Waals surface area contributed by atoms with Gasteiger partial charge < -0.3 is 15.0 Å². The predicted octanol–water partition coefficient (Wildman–Crippen LogP) is 4.70. The summed E-state index contributed by atoms with van der Waals surface area (Å²) in [4.78, 5) is 36.6. The molecular weight excluding hydrogens is 460 g/mol. The Morgan fingerprint density at radius 1 is 1.17 bits per heavy atom. The number of fused-ring (bicyclic) bond motifs is 1. The number of esters is 1. The topological polar surface area (TPSA) is 83.9 Å². The Labute approximate surface area is 210 Å². The fourth-order valence-corrected chi connectivity index (χ4v) is 5.19. The molecule has 7 nitrogen and oxygen atoms in total. The molecule has 1 atom stereocenters. The lowest BCUT2D eigenvalue weighted by Crippen LogP contribution is -2.38. The maximum Gasteiger partial charge on any atom is 0.338 e. The van der Waals surface area contributed by atoms with Gasteiger partial charge in [0.05, 0.1) is 30.8 Å². The molecule has 0 spiro atoms. The summed E-state index contributed by atoms with van der Waals surface area (Å²) in [5.41, 5.74) is 5.02. The van der Waals surface area contributed by atoms with E-state index in [9.17, 15) is 9.59 Å². The molecule has 0 saturated carbocycles. The molecule has 0 radical (unpaired) electrons. The molecule has 2 aliphatic rings. The van der Waals surface area contributed by atoms with Crippen molar-refractivity contribution >= 4 is 28.8 Å². The Hall–Kier alpha value is -3.39. The van der Waals surface area contributed by atoms with Gasteiger partial charge in [0.25, 0.3) is 0 Å². The van der Waals surface area contributed by atoms with E-state index in [0.717, 1.165) is 22.1 Å². The normalized spacial score (nSPS) is 17.2. The molecule has 0 aliphatic carbocycles. The van der Waals surface area contributed by atoms with Crippen LogP contribution in [0, 0.1) is 0 Å². The van der Waals surface area contributed by atoms with E-state index >= 15 is 0 Å². The lowest BCUT2D eigenvalue weighted by molar-refractivity contribution is -0.136. The number of amides is 1. The first-order chi connectivity index (χ1) is 16.9. The quantitative estimate of drug-likeness (QED) is 0.540. The summed E-state index contributed by atoms with van der Waals surface area (Å²) in [5, 5.41) is 5.68. The number of thioether (sulfide) groups is 1. The van der Waals surface area contributed by atoms with Gasteiger partial charge in [-0.3, -0.25) is 9.78 Å². The number of methoxy groups -OCH3 is 1. The average Bonchev–Trinajstić information content (AvgIpc) is 3.25. The van der Waals surface area contributed by atoms with Crippen LogP contribution < -0.4 is 5.32 Å². The van der Waals surface area contributed by atoms with Gasteiger partial charge in [-0.2, -0.15) is 0 Å². The molecule has 1 aromatic carbocycles. The Kier molecular flexibility index (Phi) is 7.70. The number of allylic oxidation sites excluding steroid dienone is 1. The molecule has 8 heteroatoms. The number of carbonyl (C=O) groups is 2. The molecule has 2 aliphatic heterocycles. The minimum Gasteiger partial charge on any atom is -0.466 e. The van der Waals surface area contributed by atoms with Crippen LogP contribution in [-0.2, 0) is 20.7 Å². The van der Waals surface area contributed by atoms with Crippen LogP contribution in [0.4, 0.5) is 0 Å². The molecule has 1 aromatic heterocycles. The van der Waals surface area contributed by atoms with Crippen LogP contribution in [0.1, 0.15) is 56.0 Å². The average molecular weight is 491 g/mol. The summed E-state index contributed by atoms with van der Waals surface area (Å²) < 4.78 is 5.13. The van der Waals surface area contributed by atoms with Gasteiger partial charge in [0.2, 0.25) is 5.91 Å². The van der Waals surface area contributed by atoms with Gasteiger partial charge in [-0.25, -0.2) is 9.79 Å². The number of carbonyl (C=O) groups excluding carboxylic acids is 2. The fraction of sp³-hybridized carbons (Fsp3) is 0.333. The minimum absolute atomic E-state index is 0.0890. The monoisotopic (exact) mass is 490 g/mol. The van der Waals surface area contributed by atoms with Crippen LogP contribution in [0.5, 0.6) is 0 Å². The van der Waals surface area contributed by atoms with Gasteiger partial charge in [-0.15, -0.1) is 0 Å². The molecule has 35 heavy (non-hydrogen) atoms. The second-order valence-electron chi connectivity index (χ2n) is 8.80. The number of ether oxygens (including phenoxy) is 1. The van der Waals surface area contributed by atoms with E-state index in [-0.39, 0.29) is 12.3 Å². The molecule has 2 aromatic rings. The second kappa shape index (κ2) is 10.9. The first kappa shape index (κ1) is 24.7. The van der Waals surface area contributed by atoms with E-state index < -0.39 is 12.0 Å². The van der Waals surface area contributed by atoms with Crippen LogP contribution in [0.2, 0.25) is 0 Å². The summed E-state index contributed by atoms with van der Waals surface area (Å²) >= 11 is 1.47. The molecular formula is C27H30N4O3S. The van der Waals surface area contributed by atoms with Crippen molar-refractivity contribution in [2.24, 2.45) is 4.99 Å². The van der Waals surface area contributed by atoms with E-state index in [0.29, 0.717) is 30.2 Å². The molecule has 182 valence electrons. The van der Waals surface area contributed by atoms with Crippen molar-refractivity contribution in [3.8, 4) is 0 Å². The standard InChI is InChI=1S/C27H30N4O3S/c1-17(2)19-8-10-20(11-9-19)25-24(26(33)34-4)18(3)30-27-31(25)22(16-35-27)15-23(32)29-14-12-21-7-5-6-13-28-21/h5-11,13,16-17,25H,12,14-15H2,1-4H3,(H,29,32)/t25-/m1/s1. The summed E-state index contributed by atoms with van der Waals surface area (Å²) in [7, 11) is 1.38. The molecule has 0 bridgehead atoms. The third-order valence-electron chi connectivity index (χ3n) is 6.10. The highest BCUT2D eigenvalue weighted by molar-refractivity contribution is 8.16. The van der Waals surface area contributed by atoms with Gasteiger partial charge in [0, 0.05) is 30.6 Å². The number of aliphatic imine (C=N–C) groups is 1. The number of nitrogens with zero attached hydrogens (tertiary/aromatic N) is 3. The van der Waals surface area contributed by atoms with Crippen molar-refractivity contribution in [3.05, 3.63) is 87.9 Å². The van der Waals surface area contributed by atoms with Crippen molar-refractivity contribution in [2.45, 2.75) is 45.6 Å². The Morgan fingerprint density at radius 3 is 2.60 bits per heavy atom. The van der Waals surface area contributed by atoms with Crippen molar-refractivity contribution in [2.75, 3.05) is 13.7 Å². The van der Waals surface area contributed by atoms with E-state index in [1.165, 1.54) is 24.4 Å². The summed E-state index contributed by atoms with van der Waals surface area (Å²) in [6.07, 6.45) is 2.59. The Balaban J connectivity index is 1.55. The lowest BCUT2D eigenvalue weighted by atomic mass is 9.92.